The zero-order chi connectivity index (χ0) is 13.1. The predicted molar refractivity (Wildman–Crippen MR) is 64.4 cm³/mol. The first-order chi connectivity index (χ1) is 7.80. The molecule has 0 saturated carbocycles. The summed E-state index contributed by atoms with van der Waals surface area (Å²) in [7, 11) is 0. The van der Waals surface area contributed by atoms with Crippen molar-refractivity contribution in [3.63, 3.8) is 0 Å². The van der Waals surface area contributed by atoms with Crippen molar-refractivity contribution >= 4 is 17.3 Å². The summed E-state index contributed by atoms with van der Waals surface area (Å²) in [5, 5.41) is 3.13. The first-order valence-electron chi connectivity index (χ1n) is 5.04. The Morgan fingerprint density at radius 2 is 2.00 bits per heavy atom. The van der Waals surface area contributed by atoms with Gasteiger partial charge in [-0.3, -0.25) is 0 Å². The van der Waals surface area contributed by atoms with E-state index in [4.69, 9.17) is 11.6 Å². The molecular weight excluding hydrogens is 251 g/mol. The second kappa shape index (κ2) is 5.45. The summed E-state index contributed by atoms with van der Waals surface area (Å²) in [5.41, 5.74) is 0.668. The zero-order valence-electron chi connectivity index (χ0n) is 9.53. The summed E-state index contributed by atoms with van der Waals surface area (Å²) in [5.74, 6) is 0. The minimum atomic E-state index is -4.35. The van der Waals surface area contributed by atoms with Gasteiger partial charge in [0.25, 0.3) is 0 Å². The number of rotatable bonds is 3. The normalized spacial score (nSPS) is 11.2. The molecule has 0 radical (unpaired) electrons. The molecule has 0 saturated heterocycles. The van der Waals surface area contributed by atoms with E-state index in [1.807, 2.05) is 19.9 Å². The average molecular weight is 264 g/mol. The second-order valence-corrected chi connectivity index (χ2v) is 4.26. The molecule has 0 atom stereocenters. The molecule has 0 amide bonds. The van der Waals surface area contributed by atoms with Crippen molar-refractivity contribution in [2.45, 2.75) is 20.0 Å². The molecule has 0 aromatic heterocycles. The van der Waals surface area contributed by atoms with Crippen molar-refractivity contribution < 1.29 is 13.2 Å². The number of halogens is 4. The molecule has 5 heteroatoms. The zero-order valence-corrected chi connectivity index (χ0v) is 10.3. The highest BCUT2D eigenvalue weighted by atomic mass is 35.5. The van der Waals surface area contributed by atoms with E-state index in [-0.39, 0.29) is 5.02 Å². The van der Waals surface area contributed by atoms with Crippen LogP contribution in [-0.4, -0.2) is 6.54 Å². The molecule has 1 N–H and O–H groups in total. The number of nitrogens with one attached hydrogen (secondary N) is 1. The number of hydrogen-bond acceptors (Lipinski definition) is 1. The maximum Gasteiger partial charge on any atom is 0.416 e. The smallest absolute Gasteiger partial charge is 0.380 e. The summed E-state index contributed by atoms with van der Waals surface area (Å²) in [6, 6.07) is 3.23. The average Bonchev–Trinajstić information content (AvgIpc) is 2.18. The Kier molecular flexibility index (Phi) is 4.46. The largest absolute Gasteiger partial charge is 0.416 e. The molecule has 1 aromatic carbocycles. The van der Waals surface area contributed by atoms with Crippen LogP contribution in [0, 0.1) is 0 Å². The highest BCUT2D eigenvalue weighted by molar-refractivity contribution is 6.33. The van der Waals surface area contributed by atoms with Gasteiger partial charge < -0.3 is 5.32 Å². The van der Waals surface area contributed by atoms with Crippen molar-refractivity contribution in [3.05, 3.63) is 40.4 Å². The standard InChI is InChI=1S/C12H13ClF3N/c1-8(2)5-6-17-11-7-9(12(14,15)16)3-4-10(11)13/h3-5,7,17H,6H2,1-2H3. The molecule has 0 heterocycles. The first-order valence-corrected chi connectivity index (χ1v) is 5.42. The van der Waals surface area contributed by atoms with Crippen LogP contribution in [-0.2, 0) is 6.18 Å². The minimum Gasteiger partial charge on any atom is -0.380 e. The van der Waals surface area contributed by atoms with Gasteiger partial charge in [-0.1, -0.05) is 23.3 Å². The molecule has 0 spiro atoms. The van der Waals surface area contributed by atoms with Crippen molar-refractivity contribution in [1.82, 2.24) is 0 Å². The van der Waals surface area contributed by atoms with Crippen molar-refractivity contribution in [1.29, 1.82) is 0 Å². The Bertz CT molecular complexity index is 420. The van der Waals surface area contributed by atoms with E-state index in [0.29, 0.717) is 12.2 Å². The molecule has 94 valence electrons. The summed E-state index contributed by atoms with van der Waals surface area (Å²) in [6.45, 7) is 4.27. The monoisotopic (exact) mass is 263 g/mol. The fourth-order valence-corrected chi connectivity index (χ4v) is 1.39. The summed E-state index contributed by atoms with van der Waals surface area (Å²) in [4.78, 5) is 0. The Morgan fingerprint density at radius 3 is 2.53 bits per heavy atom. The second-order valence-electron chi connectivity index (χ2n) is 3.85. The van der Waals surface area contributed by atoms with Crippen LogP contribution < -0.4 is 5.32 Å². The quantitative estimate of drug-likeness (QED) is 0.777. The maximum absolute atomic E-state index is 12.5. The Hall–Kier alpha value is -1.16. The van der Waals surface area contributed by atoms with Crippen molar-refractivity contribution in [2.24, 2.45) is 0 Å². The highest BCUT2D eigenvalue weighted by Crippen LogP contribution is 2.33. The predicted octanol–water partition coefficient (Wildman–Crippen LogP) is 4.74. The third kappa shape index (κ3) is 4.30. The molecule has 0 aliphatic carbocycles. The Balaban J connectivity index is 2.88. The van der Waals surface area contributed by atoms with Crippen LogP contribution in [0.2, 0.25) is 5.02 Å². The molecule has 0 fully saturated rings. The van der Waals surface area contributed by atoms with Crippen LogP contribution in [0.15, 0.2) is 29.8 Å². The highest BCUT2D eigenvalue weighted by Gasteiger charge is 2.30. The summed E-state index contributed by atoms with van der Waals surface area (Å²) < 4.78 is 37.4. The summed E-state index contributed by atoms with van der Waals surface area (Å²) in [6.07, 6.45) is -2.48. The lowest BCUT2D eigenvalue weighted by molar-refractivity contribution is -0.137. The van der Waals surface area contributed by atoms with E-state index in [0.717, 1.165) is 17.7 Å². The molecule has 0 unspecified atom stereocenters. The lowest BCUT2D eigenvalue weighted by atomic mass is 10.2. The van der Waals surface area contributed by atoms with Crippen molar-refractivity contribution in [2.75, 3.05) is 11.9 Å². The summed E-state index contributed by atoms with van der Waals surface area (Å²) >= 11 is 5.81. The van der Waals surface area contributed by atoms with Gasteiger partial charge in [0.1, 0.15) is 0 Å². The van der Waals surface area contributed by atoms with Crippen LogP contribution >= 0.6 is 11.6 Å². The van der Waals surface area contributed by atoms with E-state index < -0.39 is 11.7 Å². The van der Waals surface area contributed by atoms with E-state index >= 15 is 0 Å². The van der Waals surface area contributed by atoms with Gasteiger partial charge in [-0.2, -0.15) is 13.2 Å². The van der Waals surface area contributed by atoms with Crippen LogP contribution in [0.3, 0.4) is 0 Å². The molecule has 1 rings (SSSR count). The third-order valence-electron chi connectivity index (χ3n) is 2.10. The molecule has 0 aliphatic heterocycles. The van der Waals surface area contributed by atoms with Crippen LogP contribution in [0.4, 0.5) is 18.9 Å². The van der Waals surface area contributed by atoms with Gasteiger partial charge in [-0.15, -0.1) is 0 Å². The lowest BCUT2D eigenvalue weighted by Gasteiger charge is -2.11. The topological polar surface area (TPSA) is 12.0 Å². The lowest BCUT2D eigenvalue weighted by Crippen LogP contribution is -2.07. The van der Waals surface area contributed by atoms with Crippen LogP contribution in [0.5, 0.6) is 0 Å². The first kappa shape index (κ1) is 13.9. The van der Waals surface area contributed by atoms with Gasteiger partial charge in [0, 0.05) is 6.54 Å². The number of benzene rings is 1. The van der Waals surface area contributed by atoms with E-state index in [1.165, 1.54) is 6.07 Å². The minimum absolute atomic E-state index is 0.278. The maximum atomic E-state index is 12.5. The van der Waals surface area contributed by atoms with Crippen LogP contribution in [0.25, 0.3) is 0 Å². The third-order valence-corrected chi connectivity index (χ3v) is 2.43. The molecule has 17 heavy (non-hydrogen) atoms. The van der Waals surface area contributed by atoms with Gasteiger partial charge in [0.05, 0.1) is 16.3 Å². The van der Waals surface area contributed by atoms with E-state index in [1.54, 1.807) is 0 Å². The van der Waals surface area contributed by atoms with Gasteiger partial charge in [-0.05, 0) is 32.0 Å². The fraction of sp³-hybridized carbons (Fsp3) is 0.333. The molecule has 1 nitrogen and oxygen atoms in total. The molecule has 1 aromatic rings. The van der Waals surface area contributed by atoms with Crippen molar-refractivity contribution in [3.8, 4) is 0 Å². The Morgan fingerprint density at radius 1 is 1.35 bits per heavy atom. The number of allylic oxidation sites excluding steroid dienone is 1. The van der Waals surface area contributed by atoms with E-state index in [2.05, 4.69) is 5.32 Å². The molecule has 0 bridgehead atoms. The van der Waals surface area contributed by atoms with E-state index in [9.17, 15) is 13.2 Å². The van der Waals surface area contributed by atoms with Gasteiger partial charge in [0.15, 0.2) is 0 Å². The SMILES string of the molecule is CC(C)=CCNc1cc(C(F)(F)F)ccc1Cl. The molecular formula is C12H13ClF3N. The van der Waals surface area contributed by atoms with Gasteiger partial charge in [-0.25, -0.2) is 0 Å². The number of alkyl halides is 3. The van der Waals surface area contributed by atoms with Gasteiger partial charge in [0.2, 0.25) is 0 Å². The number of anilines is 1. The van der Waals surface area contributed by atoms with Gasteiger partial charge >= 0.3 is 6.18 Å². The number of hydrogen-bond donors (Lipinski definition) is 1. The fourth-order valence-electron chi connectivity index (χ4n) is 1.20. The van der Waals surface area contributed by atoms with Crippen LogP contribution in [0.1, 0.15) is 19.4 Å². The molecule has 0 aliphatic rings. The Labute approximate surface area is 103 Å².